The Morgan fingerprint density at radius 1 is 1.21 bits per heavy atom. The number of hydrogen-bond acceptors (Lipinski definition) is 7. The molecule has 10 heteroatoms. The smallest absolute Gasteiger partial charge is 0.252 e. The fourth-order valence-electron chi connectivity index (χ4n) is 4.24. The van der Waals surface area contributed by atoms with E-state index in [1.54, 1.807) is 31.2 Å². The van der Waals surface area contributed by atoms with Crippen LogP contribution in [-0.2, 0) is 20.9 Å². The minimum Gasteiger partial charge on any atom is -0.387 e. The van der Waals surface area contributed by atoms with E-state index in [4.69, 9.17) is 4.74 Å². The van der Waals surface area contributed by atoms with Gasteiger partial charge in [-0.3, -0.25) is 9.59 Å². The van der Waals surface area contributed by atoms with E-state index in [1.165, 1.54) is 42.0 Å². The third-order valence-electron chi connectivity index (χ3n) is 6.20. The van der Waals surface area contributed by atoms with Gasteiger partial charge in [0.15, 0.2) is 6.10 Å². The third-order valence-corrected chi connectivity index (χ3v) is 7.36. The molecule has 0 fully saturated rings. The number of nitrogens with one attached hydrogen (secondary N) is 1. The fourth-order valence-corrected chi connectivity index (χ4v) is 5.32. The van der Waals surface area contributed by atoms with Gasteiger partial charge < -0.3 is 30.3 Å². The molecular weight excluding hydrogens is 523 g/mol. The number of aliphatic hydroxyl groups excluding tert-OH is 3. The van der Waals surface area contributed by atoms with Gasteiger partial charge in [-0.2, -0.15) is 0 Å². The molecule has 2 aromatic rings. The maximum Gasteiger partial charge on any atom is 0.252 e. The summed E-state index contributed by atoms with van der Waals surface area (Å²) in [7, 11) is 1.19. The summed E-state index contributed by atoms with van der Waals surface area (Å²) < 4.78 is 19.3. The number of allylic oxidation sites excluding steroid dienone is 1. The number of methoxy groups -OCH3 is 1. The van der Waals surface area contributed by atoms with Crippen molar-refractivity contribution in [2.45, 2.75) is 69.6 Å². The maximum atomic E-state index is 14.1. The molecule has 0 aliphatic carbocycles. The number of aliphatic hydroxyl groups is 3. The fraction of sp³-hybridized carbons (Fsp3) is 0.448. The highest BCUT2D eigenvalue weighted by Crippen LogP contribution is 2.35. The highest BCUT2D eigenvalue weighted by molar-refractivity contribution is 7.99. The molecule has 8 nitrogen and oxygen atoms in total. The van der Waals surface area contributed by atoms with Crippen molar-refractivity contribution < 1.29 is 34.0 Å². The zero-order chi connectivity index (χ0) is 28.9. The van der Waals surface area contributed by atoms with Gasteiger partial charge in [0, 0.05) is 17.8 Å². The Labute approximate surface area is 232 Å². The van der Waals surface area contributed by atoms with Gasteiger partial charge in [0.05, 0.1) is 12.2 Å². The molecule has 1 heterocycles. The van der Waals surface area contributed by atoms with Crippen LogP contribution in [0.5, 0.6) is 0 Å². The van der Waals surface area contributed by atoms with Crippen LogP contribution < -0.4 is 10.2 Å². The number of benzene rings is 2. The number of para-hydroxylation sites is 1. The summed E-state index contributed by atoms with van der Waals surface area (Å²) in [6.45, 7) is 7.57. The number of fused-ring (bicyclic) bond motifs is 1. The van der Waals surface area contributed by atoms with Crippen LogP contribution in [0.3, 0.4) is 0 Å². The zero-order valence-electron chi connectivity index (χ0n) is 22.8. The summed E-state index contributed by atoms with van der Waals surface area (Å²) >= 11 is 1.38. The van der Waals surface area contributed by atoms with Crippen LogP contribution >= 0.6 is 11.8 Å². The Morgan fingerprint density at radius 2 is 1.90 bits per heavy atom. The van der Waals surface area contributed by atoms with Crippen LogP contribution in [0.1, 0.15) is 31.9 Å². The molecule has 3 rings (SSSR count). The van der Waals surface area contributed by atoms with Crippen LogP contribution in [0.15, 0.2) is 59.5 Å². The number of ether oxygens (including phenoxy) is 1. The largest absolute Gasteiger partial charge is 0.387 e. The number of halogens is 1. The Kier molecular flexibility index (Phi) is 10.3. The lowest BCUT2D eigenvalue weighted by Crippen LogP contribution is -2.56. The topological polar surface area (TPSA) is 119 Å². The zero-order valence-corrected chi connectivity index (χ0v) is 23.6. The number of carbonyl (C=O) groups is 2. The third kappa shape index (κ3) is 8.12. The van der Waals surface area contributed by atoms with E-state index >= 15 is 0 Å². The van der Waals surface area contributed by atoms with Crippen LogP contribution in [0, 0.1) is 18.2 Å². The molecular formula is C29H37FN2O6S. The second kappa shape index (κ2) is 13.1. The van der Waals surface area contributed by atoms with Crippen molar-refractivity contribution in [3.8, 4) is 0 Å². The molecule has 1 aliphatic rings. The highest BCUT2D eigenvalue weighted by Gasteiger charge is 2.38. The van der Waals surface area contributed by atoms with Crippen LogP contribution in [0.25, 0.3) is 0 Å². The van der Waals surface area contributed by atoms with E-state index in [2.05, 4.69) is 5.32 Å². The molecule has 0 aromatic heterocycles. The number of nitrogens with zero attached hydrogens (tertiary/aromatic N) is 1. The van der Waals surface area contributed by atoms with E-state index in [9.17, 15) is 29.3 Å². The summed E-state index contributed by atoms with van der Waals surface area (Å²) in [6.07, 6.45) is -3.45. The van der Waals surface area contributed by atoms with Gasteiger partial charge in [-0.05, 0) is 47.7 Å². The van der Waals surface area contributed by atoms with Crippen molar-refractivity contribution in [2.24, 2.45) is 5.41 Å². The summed E-state index contributed by atoms with van der Waals surface area (Å²) in [5.41, 5.74) is 1.68. The average Bonchev–Trinajstić information content (AvgIpc) is 2.98. The Balaban J connectivity index is 1.81. The second-order valence-electron chi connectivity index (χ2n) is 10.8. The van der Waals surface area contributed by atoms with Gasteiger partial charge >= 0.3 is 0 Å². The molecule has 0 saturated heterocycles. The molecule has 0 radical (unpaired) electrons. The Hall–Kier alpha value is -2.76. The first-order valence-electron chi connectivity index (χ1n) is 12.7. The van der Waals surface area contributed by atoms with Crippen LogP contribution in [0.4, 0.5) is 10.1 Å². The van der Waals surface area contributed by atoms with E-state index in [0.717, 1.165) is 10.5 Å². The van der Waals surface area contributed by atoms with Crippen molar-refractivity contribution in [3.05, 3.63) is 71.6 Å². The molecule has 2 amide bonds. The first kappa shape index (κ1) is 30.8. The number of rotatable bonds is 9. The SMILES string of the molecule is CO[C@@H](C(=O)N[C@H]1CSc2ccccc2N(Cc2cc(C)cc(F)c2)C1=O)[C@H](O)[C@@H](O)[C@H](O)/C=C/C(C)(C)C. The predicted octanol–water partition coefficient (Wildman–Crippen LogP) is 2.96. The first-order valence-corrected chi connectivity index (χ1v) is 13.7. The normalized spacial score (nSPS) is 19.3. The van der Waals surface area contributed by atoms with E-state index in [1.807, 2.05) is 32.9 Å². The average molecular weight is 561 g/mol. The molecule has 212 valence electrons. The Bertz CT molecular complexity index is 1180. The summed E-state index contributed by atoms with van der Waals surface area (Å²) in [4.78, 5) is 29.2. The monoisotopic (exact) mass is 560 g/mol. The summed E-state index contributed by atoms with van der Waals surface area (Å²) in [6, 6.07) is 10.9. The lowest BCUT2D eigenvalue weighted by atomic mass is 9.94. The number of amides is 2. The van der Waals surface area contributed by atoms with Gasteiger partial charge in [0.25, 0.3) is 11.8 Å². The van der Waals surface area contributed by atoms with Gasteiger partial charge in [-0.1, -0.05) is 51.1 Å². The molecule has 39 heavy (non-hydrogen) atoms. The number of aryl methyl sites for hydroxylation is 1. The van der Waals surface area contributed by atoms with Crippen LogP contribution in [0.2, 0.25) is 0 Å². The quantitative estimate of drug-likeness (QED) is 0.348. The molecule has 0 bridgehead atoms. The van der Waals surface area contributed by atoms with E-state index < -0.39 is 48.1 Å². The predicted molar refractivity (Wildman–Crippen MR) is 149 cm³/mol. The summed E-state index contributed by atoms with van der Waals surface area (Å²) in [5.74, 6) is -1.44. The lowest BCUT2D eigenvalue weighted by Gasteiger charge is -2.29. The van der Waals surface area contributed by atoms with E-state index in [-0.39, 0.29) is 17.7 Å². The van der Waals surface area contributed by atoms with Crippen molar-refractivity contribution in [2.75, 3.05) is 17.8 Å². The van der Waals surface area contributed by atoms with Crippen molar-refractivity contribution in [1.29, 1.82) is 0 Å². The van der Waals surface area contributed by atoms with Crippen LogP contribution in [-0.4, -0.2) is 70.5 Å². The molecule has 1 aliphatic heterocycles. The highest BCUT2D eigenvalue weighted by atomic mass is 32.2. The molecule has 4 N–H and O–H groups in total. The van der Waals surface area contributed by atoms with Gasteiger partial charge in [-0.15, -0.1) is 11.8 Å². The Morgan fingerprint density at radius 3 is 2.54 bits per heavy atom. The van der Waals surface area contributed by atoms with Gasteiger partial charge in [0.2, 0.25) is 0 Å². The minimum absolute atomic E-state index is 0.0860. The molecule has 5 atom stereocenters. The van der Waals surface area contributed by atoms with Crippen molar-refractivity contribution in [3.63, 3.8) is 0 Å². The number of hydrogen-bond donors (Lipinski definition) is 4. The number of carbonyl (C=O) groups excluding carboxylic acids is 2. The molecule has 0 unspecified atom stereocenters. The van der Waals surface area contributed by atoms with E-state index in [0.29, 0.717) is 11.3 Å². The molecule has 0 saturated carbocycles. The number of anilines is 1. The standard InChI is InChI=1S/C29H37FN2O6S/c1-17-12-18(14-19(30)13-17)15-32-21-8-6-7-9-23(21)39-16-20(28(32)37)31-27(36)26(38-5)25(35)24(34)22(33)10-11-29(2,3)4/h6-14,20,22,24-26,33-35H,15-16H2,1-5H3,(H,31,36)/b11-10+/t20-,22+,24-,25+,26+/m0/s1. The van der Waals surface area contributed by atoms with Crippen molar-refractivity contribution >= 4 is 29.3 Å². The lowest BCUT2D eigenvalue weighted by molar-refractivity contribution is -0.150. The summed E-state index contributed by atoms with van der Waals surface area (Å²) in [5, 5.41) is 34.1. The second-order valence-corrected chi connectivity index (χ2v) is 11.8. The number of thioether (sulfide) groups is 1. The van der Waals surface area contributed by atoms with Gasteiger partial charge in [-0.25, -0.2) is 4.39 Å². The van der Waals surface area contributed by atoms with Gasteiger partial charge in [0.1, 0.15) is 30.2 Å². The first-order chi connectivity index (χ1) is 18.3. The molecule has 0 spiro atoms. The molecule has 2 aromatic carbocycles. The minimum atomic E-state index is -1.77. The maximum absolute atomic E-state index is 14.1. The van der Waals surface area contributed by atoms with Crippen molar-refractivity contribution in [1.82, 2.24) is 5.32 Å².